The van der Waals surface area contributed by atoms with Crippen molar-refractivity contribution in [3.63, 3.8) is 0 Å². The predicted octanol–water partition coefficient (Wildman–Crippen LogP) is 2.67. The molecule has 0 aromatic heterocycles. The van der Waals surface area contributed by atoms with Gasteiger partial charge in [-0.2, -0.15) is 0 Å². The van der Waals surface area contributed by atoms with Crippen LogP contribution in [0.3, 0.4) is 0 Å². The Morgan fingerprint density at radius 1 is 1.53 bits per heavy atom. The van der Waals surface area contributed by atoms with Crippen molar-refractivity contribution in [1.29, 1.82) is 0 Å². The van der Waals surface area contributed by atoms with Crippen LogP contribution in [0.1, 0.15) is 12.0 Å². The van der Waals surface area contributed by atoms with Gasteiger partial charge in [0.2, 0.25) is 0 Å². The highest BCUT2D eigenvalue weighted by molar-refractivity contribution is 5.70. The first-order chi connectivity index (χ1) is 8.17. The van der Waals surface area contributed by atoms with Gasteiger partial charge in [-0.15, -0.1) is 5.73 Å². The molecule has 1 rings (SSSR count). The Labute approximate surface area is 101 Å². The van der Waals surface area contributed by atoms with Gasteiger partial charge >= 0.3 is 5.97 Å². The Bertz CT molecular complexity index is 414. The summed E-state index contributed by atoms with van der Waals surface area (Å²) in [6.07, 6.45) is 2.60. The van der Waals surface area contributed by atoms with Gasteiger partial charge in [0.05, 0.1) is 13.0 Å². The maximum Gasteiger partial charge on any atom is 0.307 e. The maximum absolute atomic E-state index is 11.0. The fourth-order valence-corrected chi connectivity index (χ4v) is 1.54. The van der Waals surface area contributed by atoms with E-state index in [0.717, 1.165) is 11.3 Å². The van der Waals surface area contributed by atoms with Crippen LogP contribution in [0.25, 0.3) is 0 Å². The molecule has 1 aromatic carbocycles. The van der Waals surface area contributed by atoms with Gasteiger partial charge in [0.25, 0.3) is 0 Å². The number of hydrogen-bond acceptors (Lipinski definition) is 2. The Morgan fingerprint density at radius 3 is 2.65 bits per heavy atom. The number of allylic oxidation sites excluding steroid dienone is 1. The summed E-state index contributed by atoms with van der Waals surface area (Å²) in [4.78, 5) is 11.0. The maximum atomic E-state index is 11.0. The monoisotopic (exact) mass is 232 g/mol. The summed E-state index contributed by atoms with van der Waals surface area (Å²) in [5.41, 5.74) is 3.58. The SMILES string of the molecule is C=C=CCC(Cc1ccc(OC)cc1)C(=O)O. The normalized spacial score (nSPS) is 11.4. The Hall–Kier alpha value is -1.99. The van der Waals surface area contributed by atoms with Gasteiger partial charge in [0, 0.05) is 0 Å². The van der Waals surface area contributed by atoms with Gasteiger partial charge in [-0.1, -0.05) is 18.7 Å². The predicted molar refractivity (Wildman–Crippen MR) is 66.2 cm³/mol. The second-order valence-corrected chi connectivity index (χ2v) is 3.73. The lowest BCUT2D eigenvalue weighted by Gasteiger charge is -2.10. The van der Waals surface area contributed by atoms with Crippen LogP contribution in [0.15, 0.2) is 42.7 Å². The van der Waals surface area contributed by atoms with E-state index < -0.39 is 11.9 Å². The van der Waals surface area contributed by atoms with E-state index in [-0.39, 0.29) is 0 Å². The molecule has 1 unspecified atom stereocenters. The van der Waals surface area contributed by atoms with E-state index >= 15 is 0 Å². The molecule has 90 valence electrons. The second-order valence-electron chi connectivity index (χ2n) is 3.73. The topological polar surface area (TPSA) is 46.5 Å². The van der Waals surface area contributed by atoms with Crippen LogP contribution in [0.4, 0.5) is 0 Å². The van der Waals surface area contributed by atoms with Crippen LogP contribution in [-0.4, -0.2) is 18.2 Å². The van der Waals surface area contributed by atoms with Crippen LogP contribution in [0.5, 0.6) is 5.75 Å². The molecule has 0 fully saturated rings. The number of rotatable bonds is 6. The largest absolute Gasteiger partial charge is 0.497 e. The van der Waals surface area contributed by atoms with E-state index in [1.165, 1.54) is 0 Å². The first-order valence-corrected chi connectivity index (χ1v) is 5.37. The molecule has 0 amide bonds. The van der Waals surface area contributed by atoms with Gasteiger partial charge in [0.1, 0.15) is 5.75 Å². The van der Waals surface area contributed by atoms with E-state index in [1.807, 2.05) is 24.3 Å². The average Bonchev–Trinajstić information content (AvgIpc) is 2.35. The number of hydrogen-bond donors (Lipinski definition) is 1. The van der Waals surface area contributed by atoms with E-state index in [9.17, 15) is 4.79 Å². The lowest BCUT2D eigenvalue weighted by atomic mass is 9.96. The third kappa shape index (κ3) is 4.17. The van der Waals surface area contributed by atoms with Crippen molar-refractivity contribution < 1.29 is 14.6 Å². The average molecular weight is 232 g/mol. The van der Waals surface area contributed by atoms with Crippen molar-refractivity contribution in [2.24, 2.45) is 5.92 Å². The van der Waals surface area contributed by atoms with Crippen LogP contribution in [-0.2, 0) is 11.2 Å². The number of ether oxygens (including phenoxy) is 1. The van der Waals surface area contributed by atoms with E-state index in [2.05, 4.69) is 12.3 Å². The standard InChI is InChI=1S/C14H16O3/c1-3-4-5-12(14(15)16)10-11-6-8-13(17-2)9-7-11/h4,6-9,12H,1,5,10H2,2H3,(H,15,16). The summed E-state index contributed by atoms with van der Waals surface area (Å²) < 4.78 is 5.05. The number of benzene rings is 1. The van der Waals surface area contributed by atoms with Crippen molar-refractivity contribution in [3.05, 3.63) is 48.2 Å². The highest BCUT2D eigenvalue weighted by Crippen LogP contribution is 2.17. The van der Waals surface area contributed by atoms with Gasteiger partial charge < -0.3 is 9.84 Å². The molecule has 17 heavy (non-hydrogen) atoms. The highest BCUT2D eigenvalue weighted by atomic mass is 16.5. The molecule has 0 saturated heterocycles. The molecule has 3 nitrogen and oxygen atoms in total. The first-order valence-electron chi connectivity index (χ1n) is 5.37. The molecule has 0 radical (unpaired) electrons. The molecule has 0 saturated carbocycles. The zero-order valence-corrected chi connectivity index (χ0v) is 9.85. The molecule has 1 N–H and O–H groups in total. The minimum absolute atomic E-state index is 0.433. The molecule has 0 bridgehead atoms. The van der Waals surface area contributed by atoms with Gasteiger partial charge in [0.15, 0.2) is 0 Å². The molecular weight excluding hydrogens is 216 g/mol. The van der Waals surface area contributed by atoms with Crippen molar-refractivity contribution in [2.75, 3.05) is 7.11 Å². The molecule has 1 atom stereocenters. The Kier molecular flexibility index (Phi) is 5.05. The molecule has 0 aliphatic heterocycles. The van der Waals surface area contributed by atoms with Gasteiger partial charge in [-0.25, -0.2) is 0 Å². The number of carbonyl (C=O) groups is 1. The van der Waals surface area contributed by atoms with Crippen LogP contribution in [0.2, 0.25) is 0 Å². The Morgan fingerprint density at radius 2 is 2.18 bits per heavy atom. The molecular formula is C14H16O3. The van der Waals surface area contributed by atoms with Gasteiger partial charge in [-0.3, -0.25) is 4.79 Å². The summed E-state index contributed by atoms with van der Waals surface area (Å²) in [5.74, 6) is -0.462. The van der Waals surface area contributed by atoms with Crippen molar-refractivity contribution in [3.8, 4) is 5.75 Å². The highest BCUT2D eigenvalue weighted by Gasteiger charge is 2.16. The zero-order valence-electron chi connectivity index (χ0n) is 9.85. The summed E-state index contributed by atoms with van der Waals surface area (Å²) in [7, 11) is 1.60. The third-order valence-corrected chi connectivity index (χ3v) is 2.54. The van der Waals surface area contributed by atoms with Crippen LogP contribution >= 0.6 is 0 Å². The first kappa shape index (κ1) is 13.1. The zero-order chi connectivity index (χ0) is 12.7. The fraction of sp³-hybridized carbons (Fsp3) is 0.286. The quantitative estimate of drug-likeness (QED) is 0.767. The summed E-state index contributed by atoms with van der Waals surface area (Å²) in [5, 5.41) is 9.07. The fourth-order valence-electron chi connectivity index (χ4n) is 1.54. The molecule has 1 aromatic rings. The molecule has 0 spiro atoms. The molecule has 0 aliphatic carbocycles. The van der Waals surface area contributed by atoms with E-state index in [1.54, 1.807) is 13.2 Å². The molecule has 0 heterocycles. The Balaban J connectivity index is 2.71. The molecule has 0 aliphatic rings. The number of methoxy groups -OCH3 is 1. The minimum atomic E-state index is -0.799. The third-order valence-electron chi connectivity index (χ3n) is 2.54. The van der Waals surface area contributed by atoms with Gasteiger partial charge in [-0.05, 0) is 36.6 Å². The number of carboxylic acids is 1. The lowest BCUT2D eigenvalue weighted by molar-refractivity contribution is -0.141. The van der Waals surface area contributed by atoms with Crippen molar-refractivity contribution in [1.82, 2.24) is 0 Å². The lowest BCUT2D eigenvalue weighted by Crippen LogP contribution is -2.15. The summed E-state index contributed by atoms with van der Waals surface area (Å²) in [6, 6.07) is 7.42. The van der Waals surface area contributed by atoms with Crippen LogP contribution < -0.4 is 4.74 Å². The van der Waals surface area contributed by atoms with Crippen LogP contribution in [0, 0.1) is 5.92 Å². The second kappa shape index (κ2) is 6.56. The molecule has 3 heteroatoms. The summed E-state index contributed by atoms with van der Waals surface area (Å²) in [6.45, 7) is 3.43. The number of carboxylic acid groups (broad SMARTS) is 1. The van der Waals surface area contributed by atoms with Crippen molar-refractivity contribution in [2.45, 2.75) is 12.8 Å². The van der Waals surface area contributed by atoms with E-state index in [4.69, 9.17) is 9.84 Å². The number of aliphatic carboxylic acids is 1. The summed E-state index contributed by atoms with van der Waals surface area (Å²) >= 11 is 0. The van der Waals surface area contributed by atoms with E-state index in [0.29, 0.717) is 12.8 Å². The minimum Gasteiger partial charge on any atom is -0.497 e. The van der Waals surface area contributed by atoms with Crippen molar-refractivity contribution >= 4 is 5.97 Å². The smallest absolute Gasteiger partial charge is 0.307 e.